The number of ketones is 1. The molecule has 0 saturated carbocycles. The van der Waals surface area contributed by atoms with E-state index in [1.165, 1.54) is 52.6 Å². The Morgan fingerprint density at radius 2 is 1.94 bits per heavy atom. The number of carbonyl (C=O) groups is 2. The molecule has 0 aliphatic heterocycles. The molecule has 1 N–H and O–H groups in total. The molecular formula is C22H18FN3O3S2. The first-order valence-electron chi connectivity index (χ1n) is 9.51. The molecule has 0 aliphatic rings. The van der Waals surface area contributed by atoms with Crippen LogP contribution in [-0.4, -0.2) is 27.8 Å². The molecule has 0 bridgehead atoms. The summed E-state index contributed by atoms with van der Waals surface area (Å²) >= 11 is 2.69. The summed E-state index contributed by atoms with van der Waals surface area (Å²) in [7, 11) is 0. The van der Waals surface area contributed by atoms with Crippen LogP contribution >= 0.6 is 22.7 Å². The third kappa shape index (κ3) is 4.62. The van der Waals surface area contributed by atoms with Crippen molar-refractivity contribution < 1.29 is 14.0 Å². The fourth-order valence-corrected chi connectivity index (χ4v) is 5.02. The summed E-state index contributed by atoms with van der Waals surface area (Å²) in [6, 6.07) is 9.52. The fourth-order valence-electron chi connectivity index (χ4n) is 3.18. The van der Waals surface area contributed by atoms with Crippen LogP contribution in [0.15, 0.2) is 52.9 Å². The zero-order valence-corrected chi connectivity index (χ0v) is 18.2. The van der Waals surface area contributed by atoms with Crippen molar-refractivity contribution in [1.29, 1.82) is 0 Å². The van der Waals surface area contributed by atoms with Crippen molar-refractivity contribution in [2.45, 2.75) is 19.9 Å². The number of Topliss-reactive ketones (excluding diaryl/α,β-unsaturated/α-hetero) is 1. The van der Waals surface area contributed by atoms with Gasteiger partial charge in [0.05, 0.1) is 23.1 Å². The molecule has 0 fully saturated rings. The summed E-state index contributed by atoms with van der Waals surface area (Å²) in [5.74, 6) is -0.627. The summed E-state index contributed by atoms with van der Waals surface area (Å²) in [5.41, 5.74) is 1.09. The van der Waals surface area contributed by atoms with Crippen LogP contribution in [-0.2, 0) is 17.8 Å². The number of amides is 1. The van der Waals surface area contributed by atoms with Gasteiger partial charge in [0.15, 0.2) is 5.78 Å². The summed E-state index contributed by atoms with van der Waals surface area (Å²) in [6.45, 7) is 1.85. The molecule has 0 atom stereocenters. The summed E-state index contributed by atoms with van der Waals surface area (Å²) in [4.78, 5) is 43.2. The van der Waals surface area contributed by atoms with Gasteiger partial charge in [-0.2, -0.15) is 0 Å². The second kappa shape index (κ2) is 8.91. The van der Waals surface area contributed by atoms with Gasteiger partial charge in [0.25, 0.3) is 5.56 Å². The number of fused-ring (bicyclic) bond motifs is 1. The maximum Gasteiger partial charge on any atom is 0.263 e. The average molecular weight is 456 g/mol. The smallest absolute Gasteiger partial charge is 0.263 e. The molecule has 0 spiro atoms. The van der Waals surface area contributed by atoms with E-state index in [2.05, 4.69) is 10.3 Å². The highest BCUT2D eigenvalue weighted by Crippen LogP contribution is 2.30. The van der Waals surface area contributed by atoms with E-state index >= 15 is 0 Å². The van der Waals surface area contributed by atoms with Gasteiger partial charge in [0.1, 0.15) is 10.6 Å². The first-order valence-corrected chi connectivity index (χ1v) is 11.2. The molecule has 4 aromatic rings. The van der Waals surface area contributed by atoms with Crippen LogP contribution in [0.3, 0.4) is 0 Å². The molecule has 1 amide bonds. The lowest BCUT2D eigenvalue weighted by Crippen LogP contribution is -2.24. The van der Waals surface area contributed by atoms with Gasteiger partial charge in [-0.05, 0) is 36.2 Å². The van der Waals surface area contributed by atoms with Crippen LogP contribution in [0.5, 0.6) is 0 Å². The Morgan fingerprint density at radius 3 is 2.68 bits per heavy atom. The molecule has 4 rings (SSSR count). The van der Waals surface area contributed by atoms with Crippen molar-refractivity contribution in [3.63, 3.8) is 0 Å². The molecule has 158 valence electrons. The molecule has 1 aromatic carbocycles. The highest BCUT2D eigenvalue weighted by atomic mass is 32.1. The van der Waals surface area contributed by atoms with E-state index in [1.54, 1.807) is 18.2 Å². The monoisotopic (exact) mass is 455 g/mol. The van der Waals surface area contributed by atoms with E-state index in [-0.39, 0.29) is 29.6 Å². The molecule has 0 saturated heterocycles. The number of rotatable bonds is 7. The van der Waals surface area contributed by atoms with Crippen molar-refractivity contribution in [3.05, 3.63) is 74.0 Å². The number of hydrogen-bond acceptors (Lipinski definition) is 6. The summed E-state index contributed by atoms with van der Waals surface area (Å²) in [6.07, 6.45) is 2.03. The SMILES string of the molecule is CC(=O)NCCc1ccc(C(=O)Cn2cnc3scc(-c4ccc(F)cc4)c3c2=O)s1. The first kappa shape index (κ1) is 21.1. The normalized spacial score (nSPS) is 11.0. The van der Waals surface area contributed by atoms with E-state index in [0.717, 1.165) is 10.4 Å². The molecule has 0 unspecified atom stereocenters. The first-order chi connectivity index (χ1) is 14.9. The molecule has 0 radical (unpaired) electrons. The summed E-state index contributed by atoms with van der Waals surface area (Å²) < 4.78 is 14.6. The summed E-state index contributed by atoms with van der Waals surface area (Å²) in [5, 5.41) is 4.97. The van der Waals surface area contributed by atoms with Gasteiger partial charge in [0.2, 0.25) is 5.91 Å². The van der Waals surface area contributed by atoms with Crippen LogP contribution in [0.25, 0.3) is 21.3 Å². The van der Waals surface area contributed by atoms with E-state index in [4.69, 9.17) is 0 Å². The minimum Gasteiger partial charge on any atom is -0.356 e. The number of thiophene rings is 2. The highest BCUT2D eigenvalue weighted by Gasteiger charge is 2.16. The third-order valence-corrected chi connectivity index (χ3v) is 6.78. The second-order valence-electron chi connectivity index (χ2n) is 6.94. The number of halogens is 1. The van der Waals surface area contributed by atoms with Crippen molar-refractivity contribution in [2.75, 3.05) is 6.54 Å². The molecular weight excluding hydrogens is 437 g/mol. The van der Waals surface area contributed by atoms with Gasteiger partial charge in [-0.1, -0.05) is 12.1 Å². The molecule has 9 heteroatoms. The predicted octanol–water partition coefficient (Wildman–Crippen LogP) is 3.89. The number of aromatic nitrogens is 2. The largest absolute Gasteiger partial charge is 0.356 e. The Bertz CT molecular complexity index is 1320. The maximum atomic E-state index is 13.3. The standard InChI is InChI=1S/C22H18FN3O3S2/c1-13(27)24-9-8-16-6-7-19(31-16)18(28)10-26-12-25-21-20(22(26)29)17(11-30-21)14-2-4-15(23)5-3-14/h2-7,11-12H,8-10H2,1H3,(H,24,27). The predicted molar refractivity (Wildman–Crippen MR) is 120 cm³/mol. The van der Waals surface area contributed by atoms with E-state index in [9.17, 15) is 18.8 Å². The van der Waals surface area contributed by atoms with Gasteiger partial charge in [0, 0.05) is 29.3 Å². The lowest BCUT2D eigenvalue weighted by molar-refractivity contribution is -0.118. The van der Waals surface area contributed by atoms with Crippen LogP contribution in [0.1, 0.15) is 21.5 Å². The minimum absolute atomic E-state index is 0.0939. The van der Waals surface area contributed by atoms with Crippen LogP contribution in [0.4, 0.5) is 4.39 Å². The number of hydrogen-bond donors (Lipinski definition) is 1. The van der Waals surface area contributed by atoms with Crippen molar-refractivity contribution in [1.82, 2.24) is 14.9 Å². The molecule has 31 heavy (non-hydrogen) atoms. The van der Waals surface area contributed by atoms with Crippen molar-refractivity contribution in [3.8, 4) is 11.1 Å². The van der Waals surface area contributed by atoms with E-state index < -0.39 is 0 Å². The molecule has 3 heterocycles. The molecule has 0 aliphatic carbocycles. The minimum atomic E-state index is -0.350. The van der Waals surface area contributed by atoms with Gasteiger partial charge < -0.3 is 5.32 Å². The maximum absolute atomic E-state index is 13.3. The topological polar surface area (TPSA) is 81.1 Å². The Hall–Kier alpha value is -3.17. The number of nitrogens with one attached hydrogen (secondary N) is 1. The van der Waals surface area contributed by atoms with E-state index in [0.29, 0.717) is 33.6 Å². The van der Waals surface area contributed by atoms with Crippen LogP contribution < -0.4 is 10.9 Å². The Morgan fingerprint density at radius 1 is 1.16 bits per heavy atom. The molecule has 6 nitrogen and oxygen atoms in total. The Kier molecular flexibility index (Phi) is 6.06. The quantitative estimate of drug-likeness (QED) is 0.429. The lowest BCUT2D eigenvalue weighted by Gasteiger charge is -2.05. The van der Waals surface area contributed by atoms with Crippen molar-refractivity contribution in [2.24, 2.45) is 0 Å². The van der Waals surface area contributed by atoms with Gasteiger partial charge in [-0.3, -0.25) is 19.0 Å². The Labute approximate surface area is 185 Å². The molecule has 3 aromatic heterocycles. The zero-order chi connectivity index (χ0) is 22.0. The van der Waals surface area contributed by atoms with Gasteiger partial charge in [-0.25, -0.2) is 9.37 Å². The van der Waals surface area contributed by atoms with Gasteiger partial charge >= 0.3 is 0 Å². The average Bonchev–Trinajstić information content (AvgIpc) is 3.38. The van der Waals surface area contributed by atoms with Crippen LogP contribution in [0.2, 0.25) is 0 Å². The number of benzene rings is 1. The lowest BCUT2D eigenvalue weighted by atomic mass is 10.1. The Balaban J connectivity index is 1.57. The third-order valence-electron chi connectivity index (χ3n) is 4.71. The van der Waals surface area contributed by atoms with Crippen molar-refractivity contribution >= 4 is 44.6 Å². The second-order valence-corrected chi connectivity index (χ2v) is 8.96. The highest BCUT2D eigenvalue weighted by molar-refractivity contribution is 7.17. The van der Waals surface area contributed by atoms with E-state index in [1.807, 2.05) is 11.4 Å². The van der Waals surface area contributed by atoms with Gasteiger partial charge in [-0.15, -0.1) is 22.7 Å². The number of carbonyl (C=O) groups excluding carboxylic acids is 2. The number of nitrogens with zero attached hydrogens (tertiary/aromatic N) is 2. The van der Waals surface area contributed by atoms with Crippen LogP contribution in [0, 0.1) is 5.82 Å². The fraction of sp³-hybridized carbons (Fsp3) is 0.182. The zero-order valence-electron chi connectivity index (χ0n) is 16.6.